The van der Waals surface area contributed by atoms with Gasteiger partial charge in [0.1, 0.15) is 12.1 Å². The number of nitriles is 2. The van der Waals surface area contributed by atoms with Crippen LogP contribution in [0.5, 0.6) is 0 Å². The van der Waals surface area contributed by atoms with Crippen LogP contribution >= 0.6 is 25.3 Å². The molecule has 0 spiro atoms. The van der Waals surface area contributed by atoms with Gasteiger partial charge in [-0.05, 0) is 12.1 Å². The summed E-state index contributed by atoms with van der Waals surface area (Å²) in [6.07, 6.45) is 0. The van der Waals surface area contributed by atoms with E-state index in [4.69, 9.17) is 10.5 Å². The second-order valence-electron chi connectivity index (χ2n) is 2.08. The molecule has 4 heteroatoms. The number of hydrogen-bond donors (Lipinski definition) is 2. The molecule has 12 heavy (non-hydrogen) atoms. The first-order valence-corrected chi connectivity index (χ1v) is 3.95. The molecule has 0 unspecified atom stereocenters. The van der Waals surface area contributed by atoms with E-state index >= 15 is 0 Å². The van der Waals surface area contributed by atoms with Gasteiger partial charge in [-0.15, -0.1) is 25.3 Å². The van der Waals surface area contributed by atoms with Crippen molar-refractivity contribution in [3.05, 3.63) is 23.3 Å². The zero-order valence-corrected chi connectivity index (χ0v) is 7.73. The van der Waals surface area contributed by atoms with Crippen LogP contribution in [0.1, 0.15) is 11.1 Å². The smallest absolute Gasteiger partial charge is 0.102 e. The van der Waals surface area contributed by atoms with Crippen molar-refractivity contribution >= 4 is 25.3 Å². The van der Waals surface area contributed by atoms with Gasteiger partial charge in [-0.1, -0.05) is 0 Å². The Kier molecular flexibility index (Phi) is 2.65. The minimum Gasteiger partial charge on any atom is -0.192 e. The third-order valence-corrected chi connectivity index (χ3v) is 2.40. The summed E-state index contributed by atoms with van der Waals surface area (Å²) in [4.78, 5) is 1.06. The maximum atomic E-state index is 8.67. The molecule has 0 saturated carbocycles. The third kappa shape index (κ3) is 1.40. The molecule has 0 aliphatic heterocycles. The fourth-order valence-corrected chi connectivity index (χ4v) is 1.22. The third-order valence-electron chi connectivity index (χ3n) is 1.39. The Bertz CT molecular complexity index is 399. The lowest BCUT2D eigenvalue weighted by Crippen LogP contribution is -1.86. The SMILES string of the molecule is N#Cc1ccc(S)c(S)c1C#N. The number of nitrogens with zero attached hydrogens (tertiary/aromatic N) is 2. The fraction of sp³-hybridized carbons (Fsp3) is 0. The lowest BCUT2D eigenvalue weighted by molar-refractivity contribution is 1.21. The van der Waals surface area contributed by atoms with Crippen molar-refractivity contribution in [1.29, 1.82) is 10.5 Å². The van der Waals surface area contributed by atoms with Gasteiger partial charge in [0.05, 0.1) is 11.1 Å². The lowest BCUT2D eigenvalue weighted by Gasteiger charge is -2.00. The average molecular weight is 192 g/mol. The molecule has 0 saturated heterocycles. The van der Waals surface area contributed by atoms with Crippen LogP contribution in [0, 0.1) is 22.7 Å². The number of benzene rings is 1. The molecule has 58 valence electrons. The molecular weight excluding hydrogens is 188 g/mol. The second-order valence-corrected chi connectivity index (χ2v) is 3.01. The zero-order valence-electron chi connectivity index (χ0n) is 5.94. The predicted octanol–water partition coefficient (Wildman–Crippen LogP) is 2.01. The monoisotopic (exact) mass is 192 g/mol. The number of hydrogen-bond acceptors (Lipinski definition) is 4. The minimum atomic E-state index is 0.285. The Morgan fingerprint density at radius 3 is 2.25 bits per heavy atom. The Morgan fingerprint density at radius 2 is 1.75 bits per heavy atom. The van der Waals surface area contributed by atoms with Crippen molar-refractivity contribution in [2.75, 3.05) is 0 Å². The Labute approximate surface area is 81.3 Å². The molecular formula is C8H4N2S2. The van der Waals surface area contributed by atoms with Crippen molar-refractivity contribution in [3.63, 3.8) is 0 Å². The summed E-state index contributed by atoms with van der Waals surface area (Å²) >= 11 is 8.14. The summed E-state index contributed by atoms with van der Waals surface area (Å²) in [5, 5.41) is 17.3. The van der Waals surface area contributed by atoms with E-state index in [0.717, 1.165) is 0 Å². The van der Waals surface area contributed by atoms with Crippen LogP contribution in [0.25, 0.3) is 0 Å². The van der Waals surface area contributed by atoms with Crippen molar-refractivity contribution in [3.8, 4) is 12.1 Å². The van der Waals surface area contributed by atoms with Crippen LogP contribution in [0.2, 0.25) is 0 Å². The topological polar surface area (TPSA) is 47.6 Å². The van der Waals surface area contributed by atoms with E-state index in [2.05, 4.69) is 25.3 Å². The molecule has 1 aromatic rings. The van der Waals surface area contributed by atoms with Gasteiger partial charge in [0.2, 0.25) is 0 Å². The molecule has 0 aromatic heterocycles. The summed E-state index contributed by atoms with van der Waals surface area (Å²) in [5.41, 5.74) is 0.619. The first kappa shape index (κ1) is 8.99. The normalized spacial score (nSPS) is 8.67. The van der Waals surface area contributed by atoms with E-state index in [1.807, 2.05) is 12.1 Å². The van der Waals surface area contributed by atoms with E-state index in [9.17, 15) is 0 Å². The summed E-state index contributed by atoms with van der Waals surface area (Å²) in [6.45, 7) is 0. The molecule has 0 fully saturated rings. The number of rotatable bonds is 0. The molecule has 1 aromatic carbocycles. The van der Waals surface area contributed by atoms with Gasteiger partial charge in [0, 0.05) is 9.79 Å². The molecule has 0 aliphatic carbocycles. The molecule has 2 nitrogen and oxygen atoms in total. The standard InChI is InChI=1S/C8H4N2S2/c9-3-5-1-2-7(11)8(12)6(5)4-10/h1-2,11-12H. The van der Waals surface area contributed by atoms with Gasteiger partial charge in [-0.2, -0.15) is 10.5 Å². The summed E-state index contributed by atoms with van der Waals surface area (Å²) in [7, 11) is 0. The summed E-state index contributed by atoms with van der Waals surface area (Å²) in [6, 6.07) is 7.02. The fourth-order valence-electron chi connectivity index (χ4n) is 0.787. The highest BCUT2D eigenvalue weighted by molar-refractivity contribution is 7.83. The maximum absolute atomic E-state index is 8.67. The Hall–Kier alpha value is -1.10. The summed E-state index contributed by atoms with van der Waals surface area (Å²) < 4.78 is 0. The van der Waals surface area contributed by atoms with Crippen LogP contribution in [0.15, 0.2) is 21.9 Å². The number of thiol groups is 2. The minimum absolute atomic E-state index is 0.285. The quantitative estimate of drug-likeness (QED) is 0.618. The lowest BCUT2D eigenvalue weighted by atomic mass is 10.1. The molecule has 0 amide bonds. The maximum Gasteiger partial charge on any atom is 0.102 e. The van der Waals surface area contributed by atoms with Crippen molar-refractivity contribution in [2.45, 2.75) is 9.79 Å². The van der Waals surface area contributed by atoms with Crippen LogP contribution in [-0.2, 0) is 0 Å². The van der Waals surface area contributed by atoms with E-state index in [1.165, 1.54) is 0 Å². The molecule has 0 N–H and O–H groups in total. The predicted molar refractivity (Wildman–Crippen MR) is 50.4 cm³/mol. The van der Waals surface area contributed by atoms with E-state index in [1.54, 1.807) is 12.1 Å². The molecule has 0 aliphatic rings. The molecule has 0 heterocycles. The van der Waals surface area contributed by atoms with Gasteiger partial charge in [0.25, 0.3) is 0 Å². The van der Waals surface area contributed by atoms with Gasteiger partial charge in [0.15, 0.2) is 0 Å². The van der Waals surface area contributed by atoms with Crippen LogP contribution in [0.3, 0.4) is 0 Å². The van der Waals surface area contributed by atoms with E-state index < -0.39 is 0 Å². The molecule has 0 bridgehead atoms. The van der Waals surface area contributed by atoms with Crippen molar-refractivity contribution < 1.29 is 0 Å². The Balaban J connectivity index is 3.52. The highest BCUT2D eigenvalue weighted by atomic mass is 32.1. The van der Waals surface area contributed by atoms with Gasteiger partial charge in [-0.3, -0.25) is 0 Å². The van der Waals surface area contributed by atoms with E-state index in [0.29, 0.717) is 15.4 Å². The van der Waals surface area contributed by atoms with E-state index in [-0.39, 0.29) is 5.56 Å². The second kappa shape index (κ2) is 3.53. The van der Waals surface area contributed by atoms with Crippen LogP contribution in [0.4, 0.5) is 0 Å². The van der Waals surface area contributed by atoms with Crippen molar-refractivity contribution in [2.24, 2.45) is 0 Å². The highest BCUT2D eigenvalue weighted by Gasteiger charge is 2.07. The Morgan fingerprint density at radius 1 is 1.08 bits per heavy atom. The largest absolute Gasteiger partial charge is 0.192 e. The zero-order chi connectivity index (χ0) is 9.14. The average Bonchev–Trinajstić information content (AvgIpc) is 2.09. The van der Waals surface area contributed by atoms with Crippen LogP contribution in [-0.4, -0.2) is 0 Å². The molecule has 0 atom stereocenters. The van der Waals surface area contributed by atoms with Gasteiger partial charge in [-0.25, -0.2) is 0 Å². The summed E-state index contributed by atoms with van der Waals surface area (Å²) in [5.74, 6) is 0. The first-order valence-electron chi connectivity index (χ1n) is 3.06. The van der Waals surface area contributed by atoms with Crippen LogP contribution < -0.4 is 0 Å². The van der Waals surface area contributed by atoms with Crippen molar-refractivity contribution in [1.82, 2.24) is 0 Å². The van der Waals surface area contributed by atoms with Gasteiger partial charge >= 0.3 is 0 Å². The first-order chi connectivity index (χ1) is 5.70. The van der Waals surface area contributed by atoms with Gasteiger partial charge < -0.3 is 0 Å². The highest BCUT2D eigenvalue weighted by Crippen LogP contribution is 2.24. The molecule has 1 rings (SSSR count). The molecule has 0 radical (unpaired) electrons.